The molecular weight excluding hydrogens is 635 g/mol. The lowest BCUT2D eigenvalue weighted by atomic mass is 9.75. The van der Waals surface area contributed by atoms with Gasteiger partial charge in [-0.05, 0) is 90.2 Å². The Hall–Kier alpha value is -4.04. The second-order valence-electron chi connectivity index (χ2n) is 12.9. The number of aryl methyl sites for hydroxylation is 2. The molecule has 1 aromatic carbocycles. The first-order valence-electron chi connectivity index (χ1n) is 17.5. The minimum absolute atomic E-state index is 0.250. The second-order valence-corrected chi connectivity index (χ2v) is 14.5. The summed E-state index contributed by atoms with van der Waals surface area (Å²) in [5.41, 5.74) is 5.41. The largest absolute Gasteiger partial charge is 0.748 e. The van der Waals surface area contributed by atoms with Gasteiger partial charge in [0.1, 0.15) is 13.1 Å². The summed E-state index contributed by atoms with van der Waals surface area (Å²) < 4.78 is 37.4. The van der Waals surface area contributed by atoms with Gasteiger partial charge in [0, 0.05) is 55.3 Å². The number of nitrogens with zero attached hydrogens (tertiary/aromatic N) is 3. The molecule has 4 atom stereocenters. The smallest absolute Gasteiger partial charge is 0.373 e. The van der Waals surface area contributed by atoms with E-state index in [1.165, 1.54) is 41.5 Å². The average Bonchev–Trinajstić information content (AvgIpc) is 3.11. The first-order chi connectivity index (χ1) is 23.7. The van der Waals surface area contributed by atoms with E-state index in [4.69, 9.17) is 9.59 Å². The Bertz CT molecular complexity index is 1630. The van der Waals surface area contributed by atoms with Crippen molar-refractivity contribution in [3.05, 3.63) is 126 Å². The van der Waals surface area contributed by atoms with Crippen LogP contribution in [0.5, 0.6) is 0 Å². The van der Waals surface area contributed by atoms with E-state index in [-0.39, 0.29) is 11.9 Å². The zero-order chi connectivity index (χ0) is 35.5. The van der Waals surface area contributed by atoms with Crippen molar-refractivity contribution in [2.24, 2.45) is 0 Å². The maximum Gasteiger partial charge on any atom is 0.373 e. The Morgan fingerprint density at radius 1 is 0.673 bits per heavy atom. The molecule has 8 nitrogen and oxygen atoms in total. The van der Waals surface area contributed by atoms with Gasteiger partial charge in [0.15, 0.2) is 24.8 Å². The van der Waals surface area contributed by atoms with Crippen LogP contribution in [0.3, 0.4) is 0 Å². The molecule has 0 amide bonds. The predicted molar refractivity (Wildman–Crippen MR) is 188 cm³/mol. The van der Waals surface area contributed by atoms with Gasteiger partial charge in [0.05, 0.1) is 10.1 Å². The second kappa shape index (κ2) is 21.1. The van der Waals surface area contributed by atoms with Crippen LogP contribution in [0.1, 0.15) is 118 Å². The van der Waals surface area contributed by atoms with E-state index in [2.05, 4.69) is 109 Å². The third kappa shape index (κ3) is 14.1. The number of rotatable bonds is 19. The molecule has 0 saturated carbocycles. The molecule has 0 aliphatic carbocycles. The molecule has 49 heavy (non-hydrogen) atoms. The van der Waals surface area contributed by atoms with Gasteiger partial charge in [-0.3, -0.25) is 4.98 Å². The lowest BCUT2D eigenvalue weighted by molar-refractivity contribution is -0.697. The van der Waals surface area contributed by atoms with E-state index in [1.54, 1.807) is 0 Å². The molecule has 0 N–H and O–H groups in total. The highest BCUT2D eigenvalue weighted by atomic mass is 32.2. The van der Waals surface area contributed by atoms with Crippen molar-refractivity contribution in [3.63, 3.8) is 0 Å². The first kappa shape index (κ1) is 39.4. The molecule has 4 aromatic rings. The van der Waals surface area contributed by atoms with Gasteiger partial charge in [0.25, 0.3) is 0 Å². The highest BCUT2D eigenvalue weighted by Crippen LogP contribution is 2.41. The molecule has 0 bridgehead atoms. The van der Waals surface area contributed by atoms with Crippen molar-refractivity contribution < 1.29 is 31.7 Å². The molecule has 3 heterocycles. The molecule has 0 aliphatic heterocycles. The highest BCUT2D eigenvalue weighted by molar-refractivity contribution is 7.85. The van der Waals surface area contributed by atoms with Gasteiger partial charge in [-0.15, -0.1) is 0 Å². The van der Waals surface area contributed by atoms with Gasteiger partial charge in [-0.2, -0.15) is 9.59 Å². The fourth-order valence-corrected chi connectivity index (χ4v) is 7.17. The normalized spacial score (nSPS) is 13.7. The van der Waals surface area contributed by atoms with E-state index >= 15 is 0 Å². The SMILES string of the molecule is CCCCC[n+]1ccc(C(CC(CC)c2cc[n+](CCCS(=O)(=O)[O-])cc2)CC(CC(C)c2ccccc2)c2ccncc2)cc1.O=C=O. The van der Waals surface area contributed by atoms with Crippen molar-refractivity contribution in [2.45, 2.75) is 109 Å². The van der Waals surface area contributed by atoms with Crippen molar-refractivity contribution in [2.75, 3.05) is 5.75 Å². The van der Waals surface area contributed by atoms with Gasteiger partial charge in [-0.25, -0.2) is 17.6 Å². The number of hydrogen-bond acceptors (Lipinski definition) is 6. The van der Waals surface area contributed by atoms with E-state index < -0.39 is 10.1 Å². The van der Waals surface area contributed by atoms with E-state index in [1.807, 2.05) is 29.4 Å². The van der Waals surface area contributed by atoms with Crippen LogP contribution in [0, 0.1) is 0 Å². The Balaban J connectivity index is 0.00000209. The molecule has 9 heteroatoms. The van der Waals surface area contributed by atoms with Crippen LogP contribution >= 0.6 is 0 Å². The van der Waals surface area contributed by atoms with Gasteiger partial charge in [0.2, 0.25) is 0 Å². The number of aromatic nitrogens is 3. The average molecular weight is 687 g/mol. The summed E-state index contributed by atoms with van der Waals surface area (Å²) in [6, 6.07) is 24.3. The summed E-state index contributed by atoms with van der Waals surface area (Å²) >= 11 is 0. The predicted octanol–water partition coefficient (Wildman–Crippen LogP) is 7.23. The third-order valence-corrected chi connectivity index (χ3v) is 10.2. The van der Waals surface area contributed by atoms with Gasteiger partial charge >= 0.3 is 6.15 Å². The van der Waals surface area contributed by atoms with Crippen LogP contribution in [0.2, 0.25) is 0 Å². The summed E-state index contributed by atoms with van der Waals surface area (Å²) in [7, 11) is -4.19. The highest BCUT2D eigenvalue weighted by Gasteiger charge is 2.26. The van der Waals surface area contributed by atoms with Crippen molar-refractivity contribution in [1.82, 2.24) is 4.98 Å². The summed E-state index contributed by atoms with van der Waals surface area (Å²) in [5, 5.41) is 0. The molecule has 3 aromatic heterocycles. The maximum atomic E-state index is 11.0. The zero-order valence-corrected chi connectivity index (χ0v) is 30.0. The Morgan fingerprint density at radius 3 is 1.69 bits per heavy atom. The quantitative estimate of drug-likeness (QED) is 0.0585. The standard InChI is InChI=1S/C39H52N3O3S.CO2/c1-4-6-10-22-41-26-18-37(19-27-41)39(30-33(5-2)36-16-24-42(25-17-36)23-11-28-46(43,44)45)31-38(35-14-20-40-21-15-35)29-32(3)34-12-8-7-9-13-34;2-1-3/h7-9,12-21,24-27,32-33,38-39H,4-6,10-11,22-23,28-31H2,1-3H3;/q+1;. The summed E-state index contributed by atoms with van der Waals surface area (Å²) in [4.78, 5) is 20.6. The Kier molecular flexibility index (Phi) is 17.0. The minimum Gasteiger partial charge on any atom is -0.748 e. The van der Waals surface area contributed by atoms with Gasteiger partial charge < -0.3 is 4.55 Å². The summed E-state index contributed by atoms with van der Waals surface area (Å²) in [6.07, 6.45) is 20.8. The fourth-order valence-electron chi connectivity index (χ4n) is 6.69. The topological polar surface area (TPSA) is 112 Å². The lowest BCUT2D eigenvalue weighted by Gasteiger charge is -2.29. The molecule has 4 unspecified atom stereocenters. The Labute approximate surface area is 293 Å². The monoisotopic (exact) mass is 686 g/mol. The van der Waals surface area contributed by atoms with Crippen molar-refractivity contribution in [1.29, 1.82) is 0 Å². The van der Waals surface area contributed by atoms with Crippen LogP contribution in [0.15, 0.2) is 104 Å². The molecule has 0 radical (unpaired) electrons. The number of pyridine rings is 3. The first-order valence-corrected chi connectivity index (χ1v) is 19.1. The van der Waals surface area contributed by atoms with Crippen LogP contribution in [-0.4, -0.2) is 29.9 Å². The fraction of sp³-hybridized carbons (Fsp3) is 0.450. The molecular formula is C40H52N3O5S+. The molecule has 0 saturated heterocycles. The van der Waals surface area contributed by atoms with Crippen LogP contribution in [-0.2, 0) is 32.8 Å². The summed E-state index contributed by atoms with van der Waals surface area (Å²) in [6.45, 7) is 8.42. The van der Waals surface area contributed by atoms with Crippen molar-refractivity contribution in [3.8, 4) is 0 Å². The molecule has 262 valence electrons. The zero-order valence-electron chi connectivity index (χ0n) is 29.2. The molecule has 0 aliphatic rings. The van der Waals surface area contributed by atoms with E-state index in [0.717, 1.165) is 32.2 Å². The van der Waals surface area contributed by atoms with E-state index in [0.29, 0.717) is 36.6 Å². The number of benzene rings is 1. The minimum atomic E-state index is -4.19. The Morgan fingerprint density at radius 2 is 1.16 bits per heavy atom. The number of hydrogen-bond donors (Lipinski definition) is 0. The van der Waals surface area contributed by atoms with Crippen molar-refractivity contribution >= 4 is 16.3 Å². The molecule has 4 rings (SSSR count). The van der Waals surface area contributed by atoms with E-state index in [9.17, 15) is 13.0 Å². The van der Waals surface area contributed by atoms with Crippen LogP contribution in [0.25, 0.3) is 0 Å². The lowest BCUT2D eigenvalue weighted by Crippen LogP contribution is -2.33. The van der Waals surface area contributed by atoms with Crippen LogP contribution in [0.4, 0.5) is 0 Å². The molecule has 0 spiro atoms. The molecule has 0 fully saturated rings. The van der Waals surface area contributed by atoms with Gasteiger partial charge in [-0.1, -0.05) is 57.5 Å². The van der Waals surface area contributed by atoms with Crippen LogP contribution < -0.4 is 9.13 Å². The maximum absolute atomic E-state index is 11.0. The number of unbranched alkanes of at least 4 members (excludes halogenated alkanes) is 2. The third-order valence-electron chi connectivity index (χ3n) is 9.42. The number of carbonyl (C=O) groups excluding carboxylic acids is 2. The summed E-state index contributed by atoms with van der Waals surface area (Å²) in [5.74, 6) is 1.22.